The second kappa shape index (κ2) is 9.78. The molecule has 0 aliphatic rings. The van der Waals surface area contributed by atoms with Crippen molar-refractivity contribution in [2.24, 2.45) is 0 Å². The van der Waals surface area contributed by atoms with Crippen LogP contribution in [0.15, 0.2) is 21.1 Å². The molecule has 0 saturated heterocycles. The van der Waals surface area contributed by atoms with E-state index in [0.29, 0.717) is 0 Å². The highest BCUT2D eigenvalue weighted by atomic mass is 79.9. The molecule has 0 aliphatic heterocycles. The van der Waals surface area contributed by atoms with Crippen molar-refractivity contribution >= 4 is 31.9 Å². The van der Waals surface area contributed by atoms with Crippen LogP contribution in [0, 0.1) is 0 Å². The van der Waals surface area contributed by atoms with Gasteiger partial charge in [-0.25, -0.2) is 0 Å². The summed E-state index contributed by atoms with van der Waals surface area (Å²) >= 11 is 7.16. The molecule has 0 radical (unpaired) electrons. The molecule has 1 aromatic rings. The first kappa shape index (κ1) is 17.0. The van der Waals surface area contributed by atoms with Crippen molar-refractivity contribution in [3.63, 3.8) is 0 Å². The van der Waals surface area contributed by atoms with E-state index in [1.54, 1.807) is 0 Å². The van der Waals surface area contributed by atoms with Crippen LogP contribution in [0.4, 0.5) is 0 Å². The number of hydrogen-bond acceptors (Lipinski definition) is 2. The highest BCUT2D eigenvalue weighted by Gasteiger charge is 2.08. The second-order valence-electron chi connectivity index (χ2n) is 4.68. The largest absolute Gasteiger partial charge is 0.491 e. The summed E-state index contributed by atoms with van der Waals surface area (Å²) in [6.07, 6.45) is 6.29. The van der Waals surface area contributed by atoms with Gasteiger partial charge in [-0.3, -0.25) is 0 Å². The SMILES string of the molecule is CCCCCCCOc1c(Br)cc(CNC)cc1Br. The van der Waals surface area contributed by atoms with Gasteiger partial charge in [-0.1, -0.05) is 32.6 Å². The highest BCUT2D eigenvalue weighted by Crippen LogP contribution is 2.34. The van der Waals surface area contributed by atoms with Crippen LogP contribution in [0.1, 0.15) is 44.6 Å². The lowest BCUT2D eigenvalue weighted by Gasteiger charge is -2.12. The van der Waals surface area contributed by atoms with Crippen molar-refractivity contribution in [1.82, 2.24) is 5.32 Å². The second-order valence-corrected chi connectivity index (χ2v) is 6.39. The summed E-state index contributed by atoms with van der Waals surface area (Å²) in [6.45, 7) is 3.87. The fourth-order valence-corrected chi connectivity index (χ4v) is 3.45. The van der Waals surface area contributed by atoms with Gasteiger partial charge in [0.25, 0.3) is 0 Å². The zero-order valence-corrected chi connectivity index (χ0v) is 14.9. The standard InChI is InChI=1S/C15H23Br2NO/c1-3-4-5-6-7-8-19-15-13(16)9-12(11-18-2)10-14(15)17/h9-10,18H,3-8,11H2,1-2H3. The van der Waals surface area contributed by atoms with Crippen LogP contribution in [-0.4, -0.2) is 13.7 Å². The molecule has 1 aromatic carbocycles. The minimum absolute atomic E-state index is 0.784. The molecule has 4 heteroatoms. The Morgan fingerprint density at radius 2 is 1.68 bits per heavy atom. The number of hydrogen-bond donors (Lipinski definition) is 1. The molecule has 0 atom stereocenters. The number of ether oxygens (including phenoxy) is 1. The first-order chi connectivity index (χ1) is 9.19. The number of rotatable bonds is 9. The Morgan fingerprint density at radius 1 is 1.05 bits per heavy atom. The molecule has 0 heterocycles. The average Bonchev–Trinajstić information content (AvgIpc) is 2.36. The van der Waals surface area contributed by atoms with Gasteiger partial charge in [0.1, 0.15) is 5.75 Å². The topological polar surface area (TPSA) is 21.3 Å². The van der Waals surface area contributed by atoms with E-state index in [9.17, 15) is 0 Å². The summed E-state index contributed by atoms with van der Waals surface area (Å²) in [4.78, 5) is 0. The summed E-state index contributed by atoms with van der Waals surface area (Å²) in [5.41, 5.74) is 1.23. The van der Waals surface area contributed by atoms with Gasteiger partial charge >= 0.3 is 0 Å². The van der Waals surface area contributed by atoms with Crippen molar-refractivity contribution < 1.29 is 4.74 Å². The molecule has 0 spiro atoms. The van der Waals surface area contributed by atoms with E-state index in [1.807, 2.05) is 7.05 Å². The Hall–Kier alpha value is -0.0600. The molecular weight excluding hydrogens is 370 g/mol. The van der Waals surface area contributed by atoms with Crippen molar-refractivity contribution in [2.45, 2.75) is 45.6 Å². The van der Waals surface area contributed by atoms with Crippen molar-refractivity contribution in [2.75, 3.05) is 13.7 Å². The normalized spacial score (nSPS) is 10.7. The van der Waals surface area contributed by atoms with Gasteiger partial charge in [0.15, 0.2) is 0 Å². The van der Waals surface area contributed by atoms with E-state index in [4.69, 9.17) is 4.74 Å². The average molecular weight is 393 g/mol. The molecule has 1 rings (SSSR count). The minimum Gasteiger partial charge on any atom is -0.491 e. The number of nitrogens with one attached hydrogen (secondary N) is 1. The van der Waals surface area contributed by atoms with E-state index in [-0.39, 0.29) is 0 Å². The zero-order chi connectivity index (χ0) is 14.1. The van der Waals surface area contributed by atoms with Crippen LogP contribution in [0.3, 0.4) is 0 Å². The van der Waals surface area contributed by atoms with E-state index < -0.39 is 0 Å². The van der Waals surface area contributed by atoms with Gasteiger partial charge in [-0.2, -0.15) is 0 Å². The fourth-order valence-electron chi connectivity index (χ4n) is 1.94. The third kappa shape index (κ3) is 6.28. The molecule has 108 valence electrons. The summed E-state index contributed by atoms with van der Waals surface area (Å²) in [5.74, 6) is 0.912. The molecular formula is C15H23Br2NO. The Morgan fingerprint density at radius 3 is 2.26 bits per heavy atom. The quantitative estimate of drug-likeness (QED) is 0.577. The Bertz CT molecular complexity index is 359. The third-order valence-corrected chi connectivity index (χ3v) is 4.11. The van der Waals surface area contributed by atoms with E-state index in [0.717, 1.165) is 34.3 Å². The van der Waals surface area contributed by atoms with E-state index in [1.165, 1.54) is 31.2 Å². The molecule has 0 aliphatic carbocycles. The van der Waals surface area contributed by atoms with Gasteiger partial charge in [0, 0.05) is 6.54 Å². The van der Waals surface area contributed by atoms with Crippen LogP contribution >= 0.6 is 31.9 Å². The smallest absolute Gasteiger partial charge is 0.147 e. The van der Waals surface area contributed by atoms with Gasteiger partial charge < -0.3 is 10.1 Å². The Balaban J connectivity index is 2.45. The first-order valence-electron chi connectivity index (χ1n) is 6.94. The summed E-state index contributed by atoms with van der Waals surface area (Å²) in [5, 5.41) is 3.15. The molecule has 19 heavy (non-hydrogen) atoms. The molecule has 0 fully saturated rings. The minimum atomic E-state index is 0.784. The maximum absolute atomic E-state index is 5.87. The molecule has 0 aromatic heterocycles. The summed E-state index contributed by atoms with van der Waals surface area (Å²) in [7, 11) is 1.95. The maximum atomic E-state index is 5.87. The molecule has 1 N–H and O–H groups in total. The van der Waals surface area contributed by atoms with Gasteiger partial charge in [0.05, 0.1) is 15.6 Å². The predicted octanol–water partition coefficient (Wildman–Crippen LogP) is 5.28. The van der Waals surface area contributed by atoms with E-state index in [2.05, 4.69) is 56.2 Å². The zero-order valence-electron chi connectivity index (χ0n) is 11.8. The summed E-state index contributed by atoms with van der Waals surface area (Å²) in [6, 6.07) is 4.21. The molecule has 0 saturated carbocycles. The fraction of sp³-hybridized carbons (Fsp3) is 0.600. The van der Waals surface area contributed by atoms with Gasteiger partial charge in [-0.05, 0) is 63.0 Å². The van der Waals surface area contributed by atoms with Crippen LogP contribution in [0.5, 0.6) is 5.75 Å². The lowest BCUT2D eigenvalue weighted by Crippen LogP contribution is -2.06. The lowest BCUT2D eigenvalue weighted by atomic mass is 10.2. The number of benzene rings is 1. The van der Waals surface area contributed by atoms with Crippen molar-refractivity contribution in [1.29, 1.82) is 0 Å². The van der Waals surface area contributed by atoms with Crippen LogP contribution in [0.2, 0.25) is 0 Å². The highest BCUT2D eigenvalue weighted by molar-refractivity contribution is 9.11. The van der Waals surface area contributed by atoms with Gasteiger partial charge in [0.2, 0.25) is 0 Å². The lowest BCUT2D eigenvalue weighted by molar-refractivity contribution is 0.301. The summed E-state index contributed by atoms with van der Waals surface area (Å²) < 4.78 is 7.90. The van der Waals surface area contributed by atoms with Crippen LogP contribution < -0.4 is 10.1 Å². The monoisotopic (exact) mass is 391 g/mol. The number of unbranched alkanes of at least 4 members (excludes halogenated alkanes) is 4. The maximum Gasteiger partial charge on any atom is 0.147 e. The first-order valence-corrected chi connectivity index (χ1v) is 8.53. The van der Waals surface area contributed by atoms with Crippen LogP contribution in [-0.2, 0) is 6.54 Å². The predicted molar refractivity (Wildman–Crippen MR) is 88.9 cm³/mol. The van der Waals surface area contributed by atoms with Gasteiger partial charge in [-0.15, -0.1) is 0 Å². The molecule has 0 amide bonds. The van der Waals surface area contributed by atoms with Crippen molar-refractivity contribution in [3.8, 4) is 5.75 Å². The molecule has 0 unspecified atom stereocenters. The van der Waals surface area contributed by atoms with E-state index >= 15 is 0 Å². The molecule has 0 bridgehead atoms. The third-order valence-electron chi connectivity index (χ3n) is 2.93. The Kier molecular flexibility index (Phi) is 8.75. The van der Waals surface area contributed by atoms with Crippen LogP contribution in [0.25, 0.3) is 0 Å². The molecule has 2 nitrogen and oxygen atoms in total. The van der Waals surface area contributed by atoms with Crippen molar-refractivity contribution in [3.05, 3.63) is 26.6 Å². The number of halogens is 2. The Labute approximate surface area is 133 Å².